The monoisotopic (exact) mass is 322 g/mol. The zero-order valence-electron chi connectivity index (χ0n) is 14.4. The van der Waals surface area contributed by atoms with Crippen LogP contribution in [0.5, 0.6) is 5.75 Å². The molecular formula is C21H26N2O. The molecule has 0 fully saturated rings. The van der Waals surface area contributed by atoms with Crippen molar-refractivity contribution in [2.45, 2.75) is 45.4 Å². The fourth-order valence-corrected chi connectivity index (χ4v) is 2.92. The van der Waals surface area contributed by atoms with E-state index in [1.807, 2.05) is 36.4 Å². The van der Waals surface area contributed by atoms with Crippen molar-refractivity contribution < 1.29 is 4.74 Å². The smallest absolute Gasteiger partial charge is 0.147 e. The van der Waals surface area contributed by atoms with E-state index in [-0.39, 0.29) is 0 Å². The molecule has 3 nitrogen and oxygen atoms in total. The summed E-state index contributed by atoms with van der Waals surface area (Å²) in [6.45, 7) is 3.01. The van der Waals surface area contributed by atoms with E-state index in [2.05, 4.69) is 24.0 Å². The maximum atomic E-state index is 5.99. The Balaban J connectivity index is 1.63. The molecule has 0 aliphatic rings. The van der Waals surface area contributed by atoms with Crippen LogP contribution in [0.25, 0.3) is 22.4 Å². The van der Waals surface area contributed by atoms with E-state index >= 15 is 0 Å². The number of aromatic nitrogens is 2. The van der Waals surface area contributed by atoms with E-state index in [1.165, 1.54) is 32.1 Å². The van der Waals surface area contributed by atoms with Crippen LogP contribution in [0.1, 0.15) is 45.4 Å². The first-order chi connectivity index (χ1) is 11.9. The van der Waals surface area contributed by atoms with E-state index in [9.17, 15) is 0 Å². The Morgan fingerprint density at radius 1 is 0.875 bits per heavy atom. The molecule has 126 valence electrons. The van der Waals surface area contributed by atoms with Gasteiger partial charge in [0.2, 0.25) is 0 Å². The van der Waals surface area contributed by atoms with E-state index in [1.54, 1.807) is 0 Å². The van der Waals surface area contributed by atoms with Crippen LogP contribution < -0.4 is 4.74 Å². The second-order valence-corrected chi connectivity index (χ2v) is 6.22. The van der Waals surface area contributed by atoms with Crippen LogP contribution in [-0.4, -0.2) is 16.6 Å². The molecular weight excluding hydrogens is 296 g/mol. The van der Waals surface area contributed by atoms with Gasteiger partial charge in [-0.25, -0.2) is 4.98 Å². The summed E-state index contributed by atoms with van der Waals surface area (Å²) in [6, 6.07) is 16.3. The van der Waals surface area contributed by atoms with Gasteiger partial charge in [-0.1, -0.05) is 75.4 Å². The first kappa shape index (κ1) is 16.6. The van der Waals surface area contributed by atoms with Crippen LogP contribution in [0.4, 0.5) is 0 Å². The van der Waals surface area contributed by atoms with Gasteiger partial charge in [-0.15, -0.1) is 0 Å². The number of fused-ring (bicyclic) bond motifs is 1. The molecule has 0 aliphatic carbocycles. The Morgan fingerprint density at radius 2 is 1.67 bits per heavy atom. The summed E-state index contributed by atoms with van der Waals surface area (Å²) in [7, 11) is 0. The molecule has 0 spiro atoms. The highest BCUT2D eigenvalue weighted by Crippen LogP contribution is 2.27. The minimum Gasteiger partial charge on any atom is -0.491 e. The normalized spacial score (nSPS) is 11.0. The van der Waals surface area contributed by atoms with E-state index in [0.717, 1.165) is 41.2 Å². The number of nitrogens with zero attached hydrogens (tertiary/aromatic N) is 1. The van der Waals surface area contributed by atoms with Gasteiger partial charge in [0.05, 0.1) is 12.1 Å². The Kier molecular flexibility index (Phi) is 5.89. The minimum absolute atomic E-state index is 0.763. The maximum absolute atomic E-state index is 5.99. The number of benzene rings is 2. The number of unbranched alkanes of at least 4 members (excludes halogenated alkanes) is 5. The number of hydrogen-bond donors (Lipinski definition) is 1. The Hall–Kier alpha value is -2.29. The Morgan fingerprint density at radius 3 is 2.50 bits per heavy atom. The minimum atomic E-state index is 0.763. The summed E-state index contributed by atoms with van der Waals surface area (Å²) >= 11 is 0. The van der Waals surface area contributed by atoms with Crippen LogP contribution in [0.15, 0.2) is 48.5 Å². The Labute approximate surface area is 144 Å². The van der Waals surface area contributed by atoms with Gasteiger partial charge in [-0.3, -0.25) is 0 Å². The first-order valence-electron chi connectivity index (χ1n) is 9.05. The molecule has 1 N–H and O–H groups in total. The highest BCUT2D eigenvalue weighted by atomic mass is 16.5. The van der Waals surface area contributed by atoms with E-state index < -0.39 is 0 Å². The molecule has 0 radical (unpaired) electrons. The molecule has 1 aromatic heterocycles. The van der Waals surface area contributed by atoms with Crippen molar-refractivity contribution in [3.05, 3.63) is 48.5 Å². The van der Waals surface area contributed by atoms with Gasteiger partial charge in [-0.2, -0.15) is 0 Å². The molecule has 0 saturated heterocycles. The Bertz CT molecular complexity index is 749. The van der Waals surface area contributed by atoms with Gasteiger partial charge in [0, 0.05) is 5.56 Å². The van der Waals surface area contributed by atoms with Gasteiger partial charge in [0.15, 0.2) is 0 Å². The summed E-state index contributed by atoms with van der Waals surface area (Å²) in [6.07, 6.45) is 7.63. The highest BCUT2D eigenvalue weighted by Gasteiger charge is 2.09. The third kappa shape index (κ3) is 4.16. The van der Waals surface area contributed by atoms with Crippen molar-refractivity contribution in [1.82, 2.24) is 9.97 Å². The van der Waals surface area contributed by atoms with Crippen molar-refractivity contribution in [3.8, 4) is 17.1 Å². The van der Waals surface area contributed by atoms with Gasteiger partial charge < -0.3 is 9.72 Å². The first-order valence-corrected chi connectivity index (χ1v) is 9.05. The predicted octanol–water partition coefficient (Wildman–Crippen LogP) is 5.97. The maximum Gasteiger partial charge on any atom is 0.147 e. The van der Waals surface area contributed by atoms with Crippen LogP contribution in [-0.2, 0) is 0 Å². The number of aromatic amines is 1. The van der Waals surface area contributed by atoms with Crippen LogP contribution in [0.2, 0.25) is 0 Å². The average Bonchev–Trinajstić information content (AvgIpc) is 3.07. The number of H-pyrrole nitrogens is 1. The van der Waals surface area contributed by atoms with Crippen molar-refractivity contribution in [3.63, 3.8) is 0 Å². The van der Waals surface area contributed by atoms with Gasteiger partial charge in [-0.05, 0) is 18.6 Å². The molecule has 3 aromatic rings. The number of ether oxygens (including phenoxy) is 1. The lowest BCUT2D eigenvalue weighted by molar-refractivity contribution is 0.307. The average molecular weight is 322 g/mol. The van der Waals surface area contributed by atoms with E-state index in [4.69, 9.17) is 9.72 Å². The molecule has 0 aliphatic heterocycles. The number of para-hydroxylation sites is 1. The third-order valence-corrected chi connectivity index (χ3v) is 4.28. The lowest BCUT2D eigenvalue weighted by Gasteiger charge is -2.06. The summed E-state index contributed by atoms with van der Waals surface area (Å²) < 4.78 is 5.99. The molecule has 3 heteroatoms. The molecule has 1 heterocycles. The molecule has 0 amide bonds. The van der Waals surface area contributed by atoms with Crippen molar-refractivity contribution in [2.24, 2.45) is 0 Å². The molecule has 0 saturated carbocycles. The fraction of sp³-hybridized carbons (Fsp3) is 0.381. The summed E-state index contributed by atoms with van der Waals surface area (Å²) in [5.74, 6) is 1.76. The predicted molar refractivity (Wildman–Crippen MR) is 100 cm³/mol. The number of hydrogen-bond acceptors (Lipinski definition) is 2. The summed E-state index contributed by atoms with van der Waals surface area (Å²) in [4.78, 5) is 8.13. The summed E-state index contributed by atoms with van der Waals surface area (Å²) in [5, 5.41) is 0. The number of rotatable bonds is 9. The SMILES string of the molecule is CCCCCCCCOc1cccc2[nH]c(-c3ccccc3)nc12. The lowest BCUT2D eigenvalue weighted by atomic mass is 10.1. The summed E-state index contributed by atoms with van der Waals surface area (Å²) in [5.41, 5.74) is 3.03. The van der Waals surface area contributed by atoms with Crippen LogP contribution >= 0.6 is 0 Å². The topological polar surface area (TPSA) is 37.9 Å². The molecule has 0 atom stereocenters. The fourth-order valence-electron chi connectivity index (χ4n) is 2.92. The molecule has 2 aromatic carbocycles. The molecule has 0 unspecified atom stereocenters. The third-order valence-electron chi connectivity index (χ3n) is 4.28. The lowest BCUT2D eigenvalue weighted by Crippen LogP contribution is -1.97. The highest BCUT2D eigenvalue weighted by molar-refractivity contribution is 5.84. The van der Waals surface area contributed by atoms with E-state index in [0.29, 0.717) is 0 Å². The zero-order valence-corrected chi connectivity index (χ0v) is 14.4. The second-order valence-electron chi connectivity index (χ2n) is 6.22. The van der Waals surface area contributed by atoms with Gasteiger partial charge >= 0.3 is 0 Å². The number of nitrogens with one attached hydrogen (secondary N) is 1. The largest absolute Gasteiger partial charge is 0.491 e. The number of imidazole rings is 1. The quantitative estimate of drug-likeness (QED) is 0.493. The van der Waals surface area contributed by atoms with Gasteiger partial charge in [0.25, 0.3) is 0 Å². The molecule has 0 bridgehead atoms. The molecule has 3 rings (SSSR count). The van der Waals surface area contributed by atoms with Crippen molar-refractivity contribution in [2.75, 3.05) is 6.61 Å². The van der Waals surface area contributed by atoms with Crippen LogP contribution in [0, 0.1) is 0 Å². The standard InChI is InChI=1S/C21H26N2O/c1-2-3-4-5-6-10-16-24-19-15-11-14-18-20(19)23-21(22-18)17-12-8-7-9-13-17/h7-9,11-15H,2-6,10,16H2,1H3,(H,22,23). The van der Waals surface area contributed by atoms with Gasteiger partial charge in [0.1, 0.15) is 17.1 Å². The zero-order chi connectivity index (χ0) is 16.6. The van der Waals surface area contributed by atoms with Crippen molar-refractivity contribution >= 4 is 11.0 Å². The molecule has 24 heavy (non-hydrogen) atoms. The van der Waals surface area contributed by atoms with Crippen LogP contribution in [0.3, 0.4) is 0 Å². The van der Waals surface area contributed by atoms with Crippen molar-refractivity contribution in [1.29, 1.82) is 0 Å². The second kappa shape index (κ2) is 8.53.